The number of hydroxylamine groups is 1. The molecule has 0 bridgehead atoms. The molecule has 0 saturated heterocycles. The molecule has 25 heavy (non-hydrogen) atoms. The van der Waals surface area contributed by atoms with E-state index in [2.05, 4.69) is 28.4 Å². The highest BCUT2D eigenvalue weighted by molar-refractivity contribution is 5.98. The maximum Gasteiger partial charge on any atom is 0.251 e. The highest BCUT2D eigenvalue weighted by Crippen LogP contribution is 2.35. The maximum absolute atomic E-state index is 12.8. The molecule has 0 aromatic rings. The number of carbonyl (C=O) groups is 1. The van der Waals surface area contributed by atoms with Gasteiger partial charge in [-0.3, -0.25) is 4.79 Å². The molecule has 0 aromatic carbocycles. The number of amides is 1. The fraction of sp³-hybridized carbons (Fsp3) is 0.632. The normalized spacial score (nSPS) is 21.5. The SMILES string of the molecule is CCC1=CC(CNC(=O)C(=C(C)C)/C(C)=C(/NC)NC2(C)CC2)NO1. The van der Waals surface area contributed by atoms with Crippen molar-refractivity contribution in [3.63, 3.8) is 0 Å². The first-order chi connectivity index (χ1) is 11.8. The zero-order valence-electron chi connectivity index (χ0n) is 16.3. The molecular weight excluding hydrogens is 316 g/mol. The molecule has 0 spiro atoms. The number of hydrogen-bond donors (Lipinski definition) is 4. The van der Waals surface area contributed by atoms with Crippen LogP contribution in [0.25, 0.3) is 0 Å². The van der Waals surface area contributed by atoms with Gasteiger partial charge in [-0.15, -0.1) is 5.48 Å². The first-order valence-electron chi connectivity index (χ1n) is 9.05. The summed E-state index contributed by atoms with van der Waals surface area (Å²) in [6.07, 6.45) is 5.16. The van der Waals surface area contributed by atoms with Crippen molar-refractivity contribution in [2.24, 2.45) is 0 Å². The zero-order valence-corrected chi connectivity index (χ0v) is 16.3. The van der Waals surface area contributed by atoms with Crippen LogP contribution in [0.3, 0.4) is 0 Å². The molecule has 1 fully saturated rings. The van der Waals surface area contributed by atoms with Crippen molar-refractivity contribution < 1.29 is 9.63 Å². The van der Waals surface area contributed by atoms with E-state index in [1.54, 1.807) is 0 Å². The van der Waals surface area contributed by atoms with Crippen molar-refractivity contribution in [1.29, 1.82) is 0 Å². The highest BCUT2D eigenvalue weighted by Gasteiger charge is 2.38. The average molecular weight is 348 g/mol. The number of hydrogen-bond acceptors (Lipinski definition) is 5. The largest absolute Gasteiger partial charge is 0.413 e. The Bertz CT molecular complexity index is 611. The van der Waals surface area contributed by atoms with Gasteiger partial charge in [0.25, 0.3) is 5.91 Å². The molecule has 2 rings (SSSR count). The van der Waals surface area contributed by atoms with E-state index >= 15 is 0 Å². The smallest absolute Gasteiger partial charge is 0.251 e. The summed E-state index contributed by atoms with van der Waals surface area (Å²) in [5, 5.41) is 9.76. The molecule has 1 heterocycles. The zero-order chi connectivity index (χ0) is 18.6. The first kappa shape index (κ1) is 19.4. The van der Waals surface area contributed by atoms with Gasteiger partial charge in [0.1, 0.15) is 11.6 Å². The van der Waals surface area contributed by atoms with Gasteiger partial charge in [0, 0.05) is 36.7 Å². The lowest BCUT2D eigenvalue weighted by Gasteiger charge is -2.21. The fourth-order valence-electron chi connectivity index (χ4n) is 2.88. The molecule has 140 valence electrons. The quantitative estimate of drug-likeness (QED) is 0.400. The molecule has 1 aliphatic heterocycles. The molecule has 2 aliphatic rings. The lowest BCUT2D eigenvalue weighted by Crippen LogP contribution is -2.39. The summed E-state index contributed by atoms with van der Waals surface area (Å²) in [5.41, 5.74) is 5.72. The van der Waals surface area contributed by atoms with Crippen LogP contribution in [0.15, 0.2) is 34.4 Å². The van der Waals surface area contributed by atoms with Gasteiger partial charge in [-0.05, 0) is 46.6 Å². The topological polar surface area (TPSA) is 74.4 Å². The van der Waals surface area contributed by atoms with Crippen LogP contribution < -0.4 is 21.4 Å². The van der Waals surface area contributed by atoms with Crippen molar-refractivity contribution >= 4 is 5.91 Å². The van der Waals surface area contributed by atoms with Crippen LogP contribution in [0.1, 0.15) is 53.9 Å². The third-order valence-corrected chi connectivity index (χ3v) is 4.71. The van der Waals surface area contributed by atoms with Crippen molar-refractivity contribution in [2.75, 3.05) is 13.6 Å². The van der Waals surface area contributed by atoms with Gasteiger partial charge >= 0.3 is 0 Å². The van der Waals surface area contributed by atoms with Crippen LogP contribution in [0.2, 0.25) is 0 Å². The lowest BCUT2D eigenvalue weighted by atomic mass is 10.0. The second-order valence-corrected chi connectivity index (χ2v) is 7.33. The van der Waals surface area contributed by atoms with E-state index in [9.17, 15) is 4.79 Å². The van der Waals surface area contributed by atoms with Gasteiger partial charge in [0.15, 0.2) is 0 Å². The van der Waals surface area contributed by atoms with Gasteiger partial charge in [-0.1, -0.05) is 12.5 Å². The number of allylic oxidation sites excluding steroid dienone is 2. The minimum Gasteiger partial charge on any atom is -0.413 e. The number of nitrogens with one attached hydrogen (secondary N) is 4. The molecule has 1 saturated carbocycles. The predicted octanol–water partition coefficient (Wildman–Crippen LogP) is 2.23. The Hall–Kier alpha value is -1.95. The minimum absolute atomic E-state index is 0.00821. The standard InChI is InChI=1S/C19H32N4O2/c1-7-15-10-14(23-25-15)11-21-18(24)16(12(2)3)13(4)17(20-6)22-19(5)8-9-19/h10,14,20,22-23H,7-9,11H2,1-6H3,(H,21,24)/b17-13-. The van der Waals surface area contributed by atoms with E-state index < -0.39 is 0 Å². The fourth-order valence-corrected chi connectivity index (χ4v) is 2.88. The summed E-state index contributed by atoms with van der Waals surface area (Å²) in [6, 6.07) is 0.00821. The molecule has 1 aliphatic carbocycles. The van der Waals surface area contributed by atoms with Crippen LogP contribution in [-0.4, -0.2) is 31.1 Å². The summed E-state index contributed by atoms with van der Waals surface area (Å²) in [6.45, 7) is 10.7. The molecule has 0 aromatic heterocycles. The monoisotopic (exact) mass is 348 g/mol. The van der Waals surface area contributed by atoms with E-state index in [4.69, 9.17) is 4.84 Å². The third-order valence-electron chi connectivity index (χ3n) is 4.71. The van der Waals surface area contributed by atoms with Gasteiger partial charge in [-0.2, -0.15) is 0 Å². The van der Waals surface area contributed by atoms with Crippen LogP contribution in [0, 0.1) is 0 Å². The van der Waals surface area contributed by atoms with E-state index in [-0.39, 0.29) is 17.5 Å². The average Bonchev–Trinajstić information content (AvgIpc) is 3.11. The van der Waals surface area contributed by atoms with Crippen LogP contribution in [-0.2, 0) is 9.63 Å². The molecular formula is C19H32N4O2. The van der Waals surface area contributed by atoms with E-state index in [0.717, 1.165) is 47.6 Å². The summed E-state index contributed by atoms with van der Waals surface area (Å²) < 4.78 is 0. The molecule has 6 nitrogen and oxygen atoms in total. The molecule has 1 unspecified atom stereocenters. The first-order valence-corrected chi connectivity index (χ1v) is 9.05. The van der Waals surface area contributed by atoms with Gasteiger partial charge < -0.3 is 20.8 Å². The van der Waals surface area contributed by atoms with Crippen LogP contribution in [0.4, 0.5) is 0 Å². The Balaban J connectivity index is 2.07. The van der Waals surface area contributed by atoms with Gasteiger partial charge in [0.05, 0.1) is 6.04 Å². The summed E-state index contributed by atoms with van der Waals surface area (Å²) in [5.74, 6) is 1.77. The highest BCUT2D eigenvalue weighted by atomic mass is 16.7. The van der Waals surface area contributed by atoms with Gasteiger partial charge in [-0.25, -0.2) is 0 Å². The second kappa shape index (κ2) is 7.95. The summed E-state index contributed by atoms with van der Waals surface area (Å²) in [7, 11) is 1.88. The van der Waals surface area contributed by atoms with Crippen molar-refractivity contribution in [2.45, 2.75) is 65.5 Å². The van der Waals surface area contributed by atoms with E-state index in [1.165, 1.54) is 0 Å². The third kappa shape index (κ3) is 5.01. The predicted molar refractivity (Wildman–Crippen MR) is 100 cm³/mol. The van der Waals surface area contributed by atoms with Crippen LogP contribution in [0.5, 0.6) is 0 Å². The lowest BCUT2D eigenvalue weighted by molar-refractivity contribution is -0.117. The summed E-state index contributed by atoms with van der Waals surface area (Å²) >= 11 is 0. The molecule has 0 radical (unpaired) electrons. The maximum atomic E-state index is 12.8. The summed E-state index contributed by atoms with van der Waals surface area (Å²) in [4.78, 5) is 18.1. The van der Waals surface area contributed by atoms with Gasteiger partial charge in [0.2, 0.25) is 0 Å². The number of rotatable bonds is 8. The Morgan fingerprint density at radius 2 is 2.04 bits per heavy atom. The Morgan fingerprint density at radius 3 is 2.52 bits per heavy atom. The second-order valence-electron chi connectivity index (χ2n) is 7.33. The molecule has 1 amide bonds. The number of carbonyl (C=O) groups excluding carboxylic acids is 1. The van der Waals surface area contributed by atoms with Crippen LogP contribution >= 0.6 is 0 Å². The Morgan fingerprint density at radius 1 is 1.36 bits per heavy atom. The van der Waals surface area contributed by atoms with Crippen molar-refractivity contribution in [3.8, 4) is 0 Å². The van der Waals surface area contributed by atoms with E-state index in [1.807, 2.05) is 40.8 Å². The Labute approximate surface area is 151 Å². The minimum atomic E-state index is -0.0619. The molecule has 1 atom stereocenters. The van der Waals surface area contributed by atoms with Crippen molar-refractivity contribution in [3.05, 3.63) is 34.4 Å². The van der Waals surface area contributed by atoms with E-state index in [0.29, 0.717) is 6.54 Å². The molecule has 4 N–H and O–H groups in total. The van der Waals surface area contributed by atoms with Crippen molar-refractivity contribution in [1.82, 2.24) is 21.4 Å². The molecule has 6 heteroatoms. The Kier molecular flexibility index (Phi) is 6.16.